The zero-order chi connectivity index (χ0) is 20.0. The molecular weight excluding hydrogens is 358 g/mol. The highest BCUT2D eigenvalue weighted by Gasteiger charge is 2.40. The number of hydrogen-bond acceptors (Lipinski definition) is 2. The lowest BCUT2D eigenvalue weighted by atomic mass is 9.89. The Bertz CT molecular complexity index is 1040. The van der Waals surface area contributed by atoms with E-state index in [1.54, 1.807) is 0 Å². The number of nitrogens with zero attached hydrogens (tertiary/aromatic N) is 2. The van der Waals surface area contributed by atoms with Gasteiger partial charge in [0, 0.05) is 11.9 Å². The first kappa shape index (κ1) is 18.4. The molecule has 4 nitrogen and oxygen atoms in total. The number of aromatic nitrogens is 2. The number of rotatable bonds is 5. The van der Waals surface area contributed by atoms with Gasteiger partial charge in [-0.05, 0) is 62.5 Å². The summed E-state index contributed by atoms with van der Waals surface area (Å²) in [5, 5.41) is 8.96. The van der Waals surface area contributed by atoms with E-state index >= 15 is 0 Å². The second-order valence-electron chi connectivity index (χ2n) is 9.43. The van der Waals surface area contributed by atoms with Crippen LogP contribution in [0.1, 0.15) is 55.6 Å². The van der Waals surface area contributed by atoms with Gasteiger partial charge in [0.25, 0.3) is 5.91 Å². The van der Waals surface area contributed by atoms with E-state index in [2.05, 4.69) is 16.1 Å². The molecule has 0 saturated heterocycles. The van der Waals surface area contributed by atoms with Crippen molar-refractivity contribution >= 4 is 16.8 Å². The Balaban J connectivity index is 1.43. The number of carbonyl (C=O) groups is 1. The van der Waals surface area contributed by atoms with Gasteiger partial charge in [-0.15, -0.1) is 0 Å². The van der Waals surface area contributed by atoms with Gasteiger partial charge in [0.2, 0.25) is 0 Å². The van der Waals surface area contributed by atoms with E-state index < -0.39 is 5.54 Å². The van der Waals surface area contributed by atoms with E-state index in [0.717, 1.165) is 34.8 Å². The quantitative estimate of drug-likeness (QED) is 0.659. The largest absolute Gasteiger partial charge is 0.342 e. The number of hydrogen-bond donors (Lipinski definition) is 1. The molecule has 0 aliphatic heterocycles. The van der Waals surface area contributed by atoms with Crippen LogP contribution in [0.5, 0.6) is 0 Å². The van der Waals surface area contributed by atoms with Crippen LogP contribution in [0.4, 0.5) is 0 Å². The van der Waals surface area contributed by atoms with Gasteiger partial charge in [-0.25, -0.2) is 0 Å². The molecule has 0 spiro atoms. The molecular formula is C25H29N3O. The van der Waals surface area contributed by atoms with Crippen molar-refractivity contribution in [1.82, 2.24) is 15.1 Å². The molecule has 2 aliphatic carbocycles. The van der Waals surface area contributed by atoms with Gasteiger partial charge < -0.3 is 5.32 Å². The summed E-state index contributed by atoms with van der Waals surface area (Å²) in [6, 6.07) is 18.2. The maximum Gasteiger partial charge on any atom is 0.273 e. The Labute approximate surface area is 172 Å². The normalized spacial score (nSPS) is 23.6. The zero-order valence-electron chi connectivity index (χ0n) is 17.3. The molecule has 2 saturated carbocycles. The first-order valence-corrected chi connectivity index (χ1v) is 10.8. The monoisotopic (exact) mass is 387 g/mol. The predicted molar refractivity (Wildman–Crippen MR) is 116 cm³/mol. The van der Waals surface area contributed by atoms with Crippen LogP contribution in [0.3, 0.4) is 0 Å². The van der Waals surface area contributed by atoms with Crippen LogP contribution < -0.4 is 5.32 Å². The van der Waals surface area contributed by atoms with Crippen LogP contribution in [0.2, 0.25) is 0 Å². The van der Waals surface area contributed by atoms with E-state index in [9.17, 15) is 4.79 Å². The third-order valence-corrected chi connectivity index (χ3v) is 7.09. The van der Waals surface area contributed by atoms with Crippen molar-refractivity contribution in [3.63, 3.8) is 0 Å². The van der Waals surface area contributed by atoms with E-state index in [1.165, 1.54) is 25.7 Å². The minimum atomic E-state index is -0.464. The molecule has 29 heavy (non-hydrogen) atoms. The fourth-order valence-electron chi connectivity index (χ4n) is 5.53. The van der Waals surface area contributed by atoms with Crippen LogP contribution in [-0.2, 0) is 12.1 Å². The third-order valence-electron chi connectivity index (χ3n) is 7.09. The van der Waals surface area contributed by atoms with Gasteiger partial charge in [-0.3, -0.25) is 9.48 Å². The minimum Gasteiger partial charge on any atom is -0.342 e. The van der Waals surface area contributed by atoms with Crippen molar-refractivity contribution in [3.8, 4) is 0 Å². The lowest BCUT2D eigenvalue weighted by Gasteiger charge is -2.26. The number of fused-ring (bicyclic) bond motifs is 3. The van der Waals surface area contributed by atoms with Crippen LogP contribution in [0.15, 0.2) is 54.6 Å². The fraction of sp³-hybridized carbons (Fsp3) is 0.440. The summed E-state index contributed by atoms with van der Waals surface area (Å²) in [6.07, 6.45) is 5.49. The molecule has 3 atom stereocenters. The second kappa shape index (κ2) is 7.01. The topological polar surface area (TPSA) is 46.9 Å². The number of para-hydroxylation sites is 1. The van der Waals surface area contributed by atoms with Gasteiger partial charge in [0.15, 0.2) is 5.69 Å². The molecule has 3 aromatic rings. The molecule has 1 aromatic heterocycles. The number of amides is 1. The molecule has 150 valence electrons. The van der Waals surface area contributed by atoms with Crippen molar-refractivity contribution in [3.05, 3.63) is 65.9 Å². The first-order valence-electron chi connectivity index (χ1n) is 10.8. The van der Waals surface area contributed by atoms with Crippen molar-refractivity contribution in [2.45, 2.75) is 51.6 Å². The van der Waals surface area contributed by atoms with Crippen molar-refractivity contribution in [2.24, 2.45) is 17.8 Å². The molecule has 2 fully saturated rings. The Kier molecular flexibility index (Phi) is 4.45. The summed E-state index contributed by atoms with van der Waals surface area (Å²) in [5.41, 5.74) is 2.22. The van der Waals surface area contributed by atoms with Gasteiger partial charge in [-0.1, -0.05) is 55.0 Å². The molecule has 1 amide bonds. The zero-order valence-corrected chi connectivity index (χ0v) is 17.3. The van der Waals surface area contributed by atoms with Crippen molar-refractivity contribution < 1.29 is 4.79 Å². The van der Waals surface area contributed by atoms with Gasteiger partial charge in [-0.2, -0.15) is 5.10 Å². The van der Waals surface area contributed by atoms with E-state index in [1.807, 2.05) is 62.4 Å². The van der Waals surface area contributed by atoms with E-state index in [-0.39, 0.29) is 5.91 Å². The molecule has 2 bridgehead atoms. The lowest BCUT2D eigenvalue weighted by Crippen LogP contribution is -2.41. The average Bonchev–Trinajstić information content (AvgIpc) is 3.43. The van der Waals surface area contributed by atoms with Gasteiger partial charge in [0.05, 0.1) is 11.1 Å². The molecule has 1 N–H and O–H groups in total. The highest BCUT2D eigenvalue weighted by molar-refractivity contribution is 6.05. The molecule has 1 heterocycles. The maximum atomic E-state index is 13.2. The number of benzene rings is 2. The molecule has 5 rings (SSSR count). The SMILES string of the molecule is CC(C)(NC(=O)c1nn(CC2CC3CCC2C3)c2ccccc12)c1ccccc1. The molecule has 2 aromatic carbocycles. The van der Waals surface area contributed by atoms with Crippen LogP contribution >= 0.6 is 0 Å². The molecule has 4 heteroatoms. The summed E-state index contributed by atoms with van der Waals surface area (Å²) < 4.78 is 2.09. The van der Waals surface area contributed by atoms with Gasteiger partial charge >= 0.3 is 0 Å². The Hall–Kier alpha value is -2.62. The van der Waals surface area contributed by atoms with Crippen molar-refractivity contribution in [2.75, 3.05) is 0 Å². The van der Waals surface area contributed by atoms with Gasteiger partial charge in [0.1, 0.15) is 0 Å². The fourth-order valence-corrected chi connectivity index (χ4v) is 5.53. The van der Waals surface area contributed by atoms with Crippen molar-refractivity contribution in [1.29, 1.82) is 0 Å². The first-order chi connectivity index (χ1) is 14.0. The summed E-state index contributed by atoms with van der Waals surface area (Å²) >= 11 is 0. The second-order valence-corrected chi connectivity index (χ2v) is 9.43. The highest BCUT2D eigenvalue weighted by Crippen LogP contribution is 2.49. The molecule has 2 aliphatic rings. The minimum absolute atomic E-state index is 0.109. The summed E-state index contributed by atoms with van der Waals surface area (Å²) in [5.74, 6) is 2.36. The summed E-state index contributed by atoms with van der Waals surface area (Å²) in [7, 11) is 0. The van der Waals surface area contributed by atoms with Crippen LogP contribution in [-0.4, -0.2) is 15.7 Å². The standard InChI is InChI=1S/C25H29N3O/c1-25(2,20-8-4-3-5-9-20)26-24(29)23-21-10-6-7-11-22(21)28(27-23)16-19-15-17-12-13-18(19)14-17/h3-11,17-19H,12-16H2,1-2H3,(H,26,29). The highest BCUT2D eigenvalue weighted by atomic mass is 16.2. The predicted octanol–water partition coefficient (Wildman–Crippen LogP) is 5.14. The van der Waals surface area contributed by atoms with Crippen LogP contribution in [0, 0.1) is 17.8 Å². The van der Waals surface area contributed by atoms with E-state index in [0.29, 0.717) is 11.6 Å². The van der Waals surface area contributed by atoms with Crippen LogP contribution in [0.25, 0.3) is 10.9 Å². The molecule has 3 unspecified atom stereocenters. The smallest absolute Gasteiger partial charge is 0.273 e. The Morgan fingerprint density at radius 3 is 2.55 bits per heavy atom. The maximum absolute atomic E-state index is 13.2. The van der Waals surface area contributed by atoms with E-state index in [4.69, 9.17) is 5.10 Å². The number of carbonyl (C=O) groups excluding carboxylic acids is 1. The summed E-state index contributed by atoms with van der Waals surface area (Å²) in [4.78, 5) is 13.2. The molecule has 0 radical (unpaired) electrons. The lowest BCUT2D eigenvalue weighted by molar-refractivity contribution is 0.0907. The Morgan fingerprint density at radius 2 is 1.83 bits per heavy atom. The average molecular weight is 388 g/mol. The Morgan fingerprint density at radius 1 is 1.07 bits per heavy atom. The summed E-state index contributed by atoms with van der Waals surface area (Å²) in [6.45, 7) is 5.00. The number of nitrogens with one attached hydrogen (secondary N) is 1. The third kappa shape index (κ3) is 3.35.